The van der Waals surface area contributed by atoms with Gasteiger partial charge in [-0.05, 0) is 41.6 Å². The van der Waals surface area contributed by atoms with Gasteiger partial charge in [-0.15, -0.1) is 12.4 Å². The van der Waals surface area contributed by atoms with Gasteiger partial charge >= 0.3 is 0 Å². The van der Waals surface area contributed by atoms with Gasteiger partial charge in [-0.1, -0.05) is 56.3 Å². The van der Waals surface area contributed by atoms with Crippen molar-refractivity contribution in [3.63, 3.8) is 0 Å². The van der Waals surface area contributed by atoms with Crippen molar-refractivity contribution in [1.29, 1.82) is 0 Å². The fourth-order valence-corrected chi connectivity index (χ4v) is 3.59. The van der Waals surface area contributed by atoms with Crippen LogP contribution in [0.25, 0.3) is 0 Å². The van der Waals surface area contributed by atoms with Gasteiger partial charge in [-0.2, -0.15) is 0 Å². The first kappa shape index (κ1) is 21.3. The van der Waals surface area contributed by atoms with Gasteiger partial charge in [0.25, 0.3) is 5.91 Å². The van der Waals surface area contributed by atoms with Gasteiger partial charge < -0.3 is 15.4 Å². The Morgan fingerprint density at radius 2 is 1.89 bits per heavy atom. The maximum Gasteiger partial charge on any atom is 0.260 e. The molecule has 2 N–H and O–H groups in total. The maximum absolute atomic E-state index is 12.6. The van der Waals surface area contributed by atoms with Crippen molar-refractivity contribution in [3.05, 3.63) is 65.7 Å². The lowest BCUT2D eigenvalue weighted by molar-refractivity contribution is -0.132. The van der Waals surface area contributed by atoms with Crippen LogP contribution in [0.1, 0.15) is 36.8 Å². The monoisotopic (exact) mass is 388 g/mol. The molecule has 1 heterocycles. The number of benzene rings is 2. The Morgan fingerprint density at radius 1 is 1.15 bits per heavy atom. The van der Waals surface area contributed by atoms with E-state index in [9.17, 15) is 4.79 Å². The van der Waals surface area contributed by atoms with E-state index in [0.717, 1.165) is 5.75 Å². The summed E-state index contributed by atoms with van der Waals surface area (Å²) in [5, 5.41) is 0. The minimum absolute atomic E-state index is 0. The molecule has 1 aliphatic heterocycles. The molecule has 1 saturated heterocycles. The zero-order chi connectivity index (χ0) is 18.5. The average molecular weight is 389 g/mol. The maximum atomic E-state index is 12.6. The van der Waals surface area contributed by atoms with Gasteiger partial charge in [-0.25, -0.2) is 0 Å². The molecule has 1 amide bonds. The molecule has 27 heavy (non-hydrogen) atoms. The highest BCUT2D eigenvalue weighted by molar-refractivity contribution is 5.85. The van der Waals surface area contributed by atoms with E-state index in [1.807, 2.05) is 41.3 Å². The van der Waals surface area contributed by atoms with Crippen molar-refractivity contribution in [1.82, 2.24) is 4.90 Å². The highest BCUT2D eigenvalue weighted by Crippen LogP contribution is 2.32. The molecular weight excluding hydrogens is 360 g/mol. The Morgan fingerprint density at radius 3 is 2.56 bits per heavy atom. The fourth-order valence-electron chi connectivity index (χ4n) is 3.59. The third-order valence-electron chi connectivity index (χ3n) is 5.21. The van der Waals surface area contributed by atoms with Crippen molar-refractivity contribution >= 4 is 18.3 Å². The fraction of sp³-hybridized carbons (Fsp3) is 0.409. The average Bonchev–Trinajstić information content (AvgIpc) is 3.11. The predicted molar refractivity (Wildman–Crippen MR) is 112 cm³/mol. The number of nitrogens with two attached hydrogens (primary N) is 1. The van der Waals surface area contributed by atoms with Crippen molar-refractivity contribution in [2.24, 2.45) is 11.7 Å². The zero-order valence-electron chi connectivity index (χ0n) is 16.0. The van der Waals surface area contributed by atoms with E-state index in [4.69, 9.17) is 10.5 Å². The Labute approximate surface area is 168 Å². The summed E-state index contributed by atoms with van der Waals surface area (Å²) in [6, 6.07) is 18.3. The second kappa shape index (κ2) is 9.77. The third-order valence-corrected chi connectivity index (χ3v) is 5.21. The summed E-state index contributed by atoms with van der Waals surface area (Å²) >= 11 is 0. The predicted octanol–water partition coefficient (Wildman–Crippen LogP) is 3.81. The molecule has 4 nitrogen and oxygen atoms in total. The molecule has 1 aliphatic rings. The molecule has 0 unspecified atom stereocenters. The second-order valence-corrected chi connectivity index (χ2v) is 7.33. The molecule has 2 atom stereocenters. The van der Waals surface area contributed by atoms with Gasteiger partial charge in [0.1, 0.15) is 5.75 Å². The molecule has 2 aromatic rings. The Kier molecular flexibility index (Phi) is 7.69. The summed E-state index contributed by atoms with van der Waals surface area (Å²) in [4.78, 5) is 14.5. The first-order chi connectivity index (χ1) is 12.6. The van der Waals surface area contributed by atoms with Crippen LogP contribution in [0, 0.1) is 5.92 Å². The molecule has 1 fully saturated rings. The number of hydrogen-bond donors (Lipinski definition) is 1. The number of likely N-dealkylation sites (tertiary alicyclic amines) is 1. The molecule has 0 aliphatic carbocycles. The smallest absolute Gasteiger partial charge is 0.260 e. The van der Waals surface area contributed by atoms with E-state index in [0.29, 0.717) is 37.4 Å². The molecule has 146 valence electrons. The van der Waals surface area contributed by atoms with Crippen LogP contribution in [-0.4, -0.2) is 37.0 Å². The first-order valence-electron chi connectivity index (χ1n) is 9.34. The van der Waals surface area contributed by atoms with Crippen molar-refractivity contribution in [3.8, 4) is 5.75 Å². The number of carbonyl (C=O) groups excluding carboxylic acids is 1. The number of rotatable bonds is 6. The number of nitrogens with zero attached hydrogens (tertiary/aromatic N) is 1. The van der Waals surface area contributed by atoms with E-state index in [1.54, 1.807) is 0 Å². The summed E-state index contributed by atoms with van der Waals surface area (Å²) < 4.78 is 5.76. The number of hydrogen-bond acceptors (Lipinski definition) is 3. The van der Waals surface area contributed by atoms with Crippen LogP contribution < -0.4 is 10.5 Å². The van der Waals surface area contributed by atoms with Gasteiger partial charge in [0, 0.05) is 19.0 Å². The topological polar surface area (TPSA) is 55.6 Å². The van der Waals surface area contributed by atoms with Crippen LogP contribution in [0.3, 0.4) is 0 Å². The van der Waals surface area contributed by atoms with Crippen LogP contribution in [0.5, 0.6) is 5.75 Å². The zero-order valence-corrected chi connectivity index (χ0v) is 16.8. The van der Waals surface area contributed by atoms with Gasteiger partial charge in [-0.3, -0.25) is 4.79 Å². The van der Waals surface area contributed by atoms with Gasteiger partial charge in [0.05, 0.1) is 0 Å². The number of halogens is 1. The van der Waals surface area contributed by atoms with Crippen LogP contribution >= 0.6 is 12.4 Å². The van der Waals surface area contributed by atoms with Crippen molar-refractivity contribution in [2.75, 3.05) is 26.2 Å². The van der Waals surface area contributed by atoms with Crippen LogP contribution in [0.2, 0.25) is 0 Å². The molecule has 0 spiro atoms. The van der Waals surface area contributed by atoms with E-state index in [2.05, 4.69) is 32.0 Å². The van der Waals surface area contributed by atoms with Gasteiger partial charge in [0.2, 0.25) is 0 Å². The van der Waals surface area contributed by atoms with Crippen LogP contribution in [0.4, 0.5) is 0 Å². The molecule has 5 heteroatoms. The Hall–Kier alpha value is -2.04. The lowest BCUT2D eigenvalue weighted by atomic mass is 9.89. The quantitative estimate of drug-likeness (QED) is 0.818. The molecular formula is C22H29ClN2O2. The summed E-state index contributed by atoms with van der Waals surface area (Å²) in [6.45, 7) is 6.35. The van der Waals surface area contributed by atoms with Crippen molar-refractivity contribution in [2.45, 2.75) is 25.7 Å². The summed E-state index contributed by atoms with van der Waals surface area (Å²) in [7, 11) is 0. The lowest BCUT2D eigenvalue weighted by Gasteiger charge is -2.17. The summed E-state index contributed by atoms with van der Waals surface area (Å²) in [6.07, 6.45) is 0. The molecule has 0 radical (unpaired) electrons. The number of carbonyl (C=O) groups is 1. The number of amides is 1. The van der Waals surface area contributed by atoms with Crippen molar-refractivity contribution < 1.29 is 9.53 Å². The summed E-state index contributed by atoms with van der Waals surface area (Å²) in [5.74, 6) is 1.81. The molecule has 0 aromatic heterocycles. The highest BCUT2D eigenvalue weighted by atomic mass is 35.5. The molecule has 0 saturated carbocycles. The van der Waals surface area contributed by atoms with E-state index in [-0.39, 0.29) is 24.9 Å². The highest BCUT2D eigenvalue weighted by Gasteiger charge is 2.35. The van der Waals surface area contributed by atoms with E-state index >= 15 is 0 Å². The molecule has 2 aromatic carbocycles. The van der Waals surface area contributed by atoms with E-state index < -0.39 is 0 Å². The Bertz CT molecular complexity index is 736. The molecule has 0 bridgehead atoms. The summed E-state index contributed by atoms with van der Waals surface area (Å²) in [5.41, 5.74) is 8.43. The van der Waals surface area contributed by atoms with Gasteiger partial charge in [0.15, 0.2) is 6.61 Å². The minimum Gasteiger partial charge on any atom is -0.484 e. The number of ether oxygens (including phenoxy) is 1. The lowest BCUT2D eigenvalue weighted by Crippen LogP contribution is -2.33. The Balaban J connectivity index is 0.00000261. The normalized spacial score (nSPS) is 19.0. The van der Waals surface area contributed by atoms with Crippen LogP contribution in [0.15, 0.2) is 54.6 Å². The van der Waals surface area contributed by atoms with Crippen LogP contribution in [-0.2, 0) is 4.79 Å². The second-order valence-electron chi connectivity index (χ2n) is 7.33. The SMILES string of the molecule is CC(C)c1cccc(OCC(=O)N2C[C@@H](CN)[C@H](c3ccccc3)C2)c1.Cl. The first-order valence-corrected chi connectivity index (χ1v) is 9.34. The minimum atomic E-state index is 0. The largest absolute Gasteiger partial charge is 0.484 e. The molecule has 3 rings (SSSR count). The standard InChI is InChI=1S/C22H28N2O2.ClH/c1-16(2)18-9-6-10-20(11-18)26-15-22(25)24-13-19(12-23)21(14-24)17-7-4-3-5-8-17;/h3-11,16,19,21H,12-15,23H2,1-2H3;1H/t19-,21+;/m1./s1. The third kappa shape index (κ3) is 5.24. The van der Waals surface area contributed by atoms with E-state index in [1.165, 1.54) is 11.1 Å².